The van der Waals surface area contributed by atoms with Crippen molar-refractivity contribution in [3.8, 4) is 0 Å². The summed E-state index contributed by atoms with van der Waals surface area (Å²) in [5.74, 6) is -3.16. The van der Waals surface area contributed by atoms with Crippen LogP contribution in [0.15, 0.2) is 4.99 Å². The van der Waals surface area contributed by atoms with Crippen LogP contribution in [0.5, 0.6) is 0 Å². The third kappa shape index (κ3) is 8.26. The normalized spacial score (nSPS) is 14.1. The van der Waals surface area contributed by atoms with Gasteiger partial charge in [-0.25, -0.2) is 4.79 Å². The zero-order chi connectivity index (χ0) is 18.7. The van der Waals surface area contributed by atoms with Crippen molar-refractivity contribution in [1.82, 2.24) is 10.6 Å². The predicted molar refractivity (Wildman–Crippen MR) is 83.6 cm³/mol. The van der Waals surface area contributed by atoms with E-state index in [1.165, 1.54) is 0 Å². The molecule has 12 nitrogen and oxygen atoms in total. The number of amides is 2. The summed E-state index contributed by atoms with van der Waals surface area (Å²) in [6.07, 6.45) is 0.395. The number of nitrogens with zero attached hydrogens (tertiary/aromatic N) is 1. The molecule has 11 N–H and O–H groups in total. The Bertz CT molecular complexity index is 467. The molecular formula is C12H24N6O6. The first-order chi connectivity index (χ1) is 11.2. The van der Waals surface area contributed by atoms with Crippen molar-refractivity contribution in [1.29, 1.82) is 0 Å². The van der Waals surface area contributed by atoms with E-state index in [2.05, 4.69) is 15.6 Å². The summed E-state index contributed by atoms with van der Waals surface area (Å²) in [7, 11) is 0. The Balaban J connectivity index is 4.88. The molecule has 0 fully saturated rings. The number of nitrogens with two attached hydrogens (primary N) is 3. The minimum atomic E-state index is -1.51. The van der Waals surface area contributed by atoms with Crippen molar-refractivity contribution in [3.63, 3.8) is 0 Å². The molecule has 3 atom stereocenters. The number of carboxylic acids is 1. The van der Waals surface area contributed by atoms with Gasteiger partial charge in [0.1, 0.15) is 18.1 Å². The third-order valence-corrected chi connectivity index (χ3v) is 2.91. The van der Waals surface area contributed by atoms with Crippen LogP contribution < -0.4 is 27.8 Å². The molecule has 0 saturated heterocycles. The molecule has 0 heterocycles. The number of carbonyl (C=O) groups is 3. The monoisotopic (exact) mass is 348 g/mol. The lowest BCUT2D eigenvalue weighted by Gasteiger charge is -2.21. The topological polar surface area (TPSA) is 226 Å². The average molecular weight is 348 g/mol. The van der Waals surface area contributed by atoms with Gasteiger partial charge in [0, 0.05) is 6.54 Å². The van der Waals surface area contributed by atoms with Gasteiger partial charge in [-0.15, -0.1) is 0 Å². The summed E-state index contributed by atoms with van der Waals surface area (Å²) in [5, 5.41) is 31.0. The van der Waals surface area contributed by atoms with Gasteiger partial charge >= 0.3 is 5.97 Å². The van der Waals surface area contributed by atoms with Crippen molar-refractivity contribution in [2.45, 2.75) is 31.0 Å². The number of hydrogen-bond donors (Lipinski definition) is 8. The molecule has 2 amide bonds. The summed E-state index contributed by atoms with van der Waals surface area (Å²) in [5.41, 5.74) is 15.7. The van der Waals surface area contributed by atoms with Gasteiger partial charge < -0.3 is 43.2 Å². The fraction of sp³-hybridized carbons (Fsp3) is 0.667. The maximum absolute atomic E-state index is 12.1. The molecule has 0 aliphatic rings. The second kappa shape index (κ2) is 11.2. The minimum absolute atomic E-state index is 0.0876. The number of aliphatic hydroxyl groups excluding tert-OH is 2. The van der Waals surface area contributed by atoms with Crippen molar-refractivity contribution in [2.75, 3.05) is 19.8 Å². The molecular weight excluding hydrogens is 324 g/mol. The van der Waals surface area contributed by atoms with Crippen LogP contribution >= 0.6 is 0 Å². The van der Waals surface area contributed by atoms with E-state index < -0.39 is 49.1 Å². The molecule has 0 aromatic heterocycles. The van der Waals surface area contributed by atoms with Gasteiger partial charge in [0.2, 0.25) is 11.8 Å². The predicted octanol–water partition coefficient (Wildman–Crippen LogP) is -4.59. The van der Waals surface area contributed by atoms with E-state index in [1.54, 1.807) is 0 Å². The number of carbonyl (C=O) groups excluding carboxylic acids is 2. The van der Waals surface area contributed by atoms with Gasteiger partial charge in [0.25, 0.3) is 0 Å². The van der Waals surface area contributed by atoms with Crippen LogP contribution in [0.4, 0.5) is 0 Å². The lowest BCUT2D eigenvalue weighted by Crippen LogP contribution is -2.55. The van der Waals surface area contributed by atoms with Gasteiger partial charge in [-0.2, -0.15) is 0 Å². The molecule has 0 aliphatic carbocycles. The zero-order valence-corrected chi connectivity index (χ0v) is 13.0. The first-order valence-electron chi connectivity index (χ1n) is 7.09. The Kier molecular flexibility index (Phi) is 10.0. The molecule has 138 valence electrons. The molecule has 0 aliphatic heterocycles. The molecule has 12 heteroatoms. The van der Waals surface area contributed by atoms with E-state index in [0.717, 1.165) is 0 Å². The maximum atomic E-state index is 12.1. The van der Waals surface area contributed by atoms with Crippen molar-refractivity contribution in [3.05, 3.63) is 0 Å². The Morgan fingerprint density at radius 1 is 1.00 bits per heavy atom. The average Bonchev–Trinajstić information content (AvgIpc) is 2.53. The molecule has 0 spiro atoms. The number of rotatable bonds is 11. The molecule has 0 bridgehead atoms. The highest BCUT2D eigenvalue weighted by Crippen LogP contribution is 2.00. The standard InChI is InChI=1S/C12H24N6O6/c13-6(4-19)9(21)17-7(2-1-3-16-12(14)15)10(22)18-8(5-20)11(23)24/h6-8,19-20H,1-5,13H2,(H,17,21)(H,18,22)(H,23,24)(H4,14,15,16). The Hall–Kier alpha value is -2.44. The molecule has 0 aromatic rings. The van der Waals surface area contributed by atoms with E-state index in [-0.39, 0.29) is 18.9 Å². The van der Waals surface area contributed by atoms with Crippen molar-refractivity contribution in [2.24, 2.45) is 22.2 Å². The summed E-state index contributed by atoms with van der Waals surface area (Å²) >= 11 is 0. The smallest absolute Gasteiger partial charge is 0.328 e. The SMILES string of the molecule is NC(N)=NCCCC(NC(=O)C(N)CO)C(=O)NC(CO)C(=O)O. The first-order valence-corrected chi connectivity index (χ1v) is 7.09. The van der Waals surface area contributed by atoms with Crippen LogP contribution in [0.25, 0.3) is 0 Å². The van der Waals surface area contributed by atoms with Gasteiger partial charge in [-0.3, -0.25) is 14.6 Å². The molecule has 0 rings (SSSR count). The lowest BCUT2D eigenvalue weighted by molar-refractivity contribution is -0.143. The summed E-state index contributed by atoms with van der Waals surface area (Å²) in [6.45, 7) is -1.25. The summed E-state index contributed by atoms with van der Waals surface area (Å²) < 4.78 is 0. The number of nitrogens with one attached hydrogen (secondary N) is 2. The van der Waals surface area contributed by atoms with E-state index in [9.17, 15) is 14.4 Å². The van der Waals surface area contributed by atoms with Gasteiger partial charge in [-0.1, -0.05) is 0 Å². The van der Waals surface area contributed by atoms with E-state index in [0.29, 0.717) is 6.42 Å². The van der Waals surface area contributed by atoms with Crippen molar-refractivity contribution < 1.29 is 29.7 Å². The Morgan fingerprint density at radius 2 is 1.58 bits per heavy atom. The lowest BCUT2D eigenvalue weighted by atomic mass is 10.1. The largest absolute Gasteiger partial charge is 0.480 e. The zero-order valence-electron chi connectivity index (χ0n) is 13.0. The van der Waals surface area contributed by atoms with Crippen LogP contribution in [0.2, 0.25) is 0 Å². The quantitative estimate of drug-likeness (QED) is 0.102. The molecule has 0 saturated carbocycles. The number of aliphatic hydroxyl groups is 2. The van der Waals surface area contributed by atoms with Crippen LogP contribution in [-0.2, 0) is 14.4 Å². The maximum Gasteiger partial charge on any atom is 0.328 e. The Labute approximate surface area is 138 Å². The summed E-state index contributed by atoms with van der Waals surface area (Å²) in [6, 6.07) is -3.87. The number of aliphatic imine (C=N–C) groups is 1. The minimum Gasteiger partial charge on any atom is -0.480 e. The first kappa shape index (κ1) is 21.6. The molecule has 3 unspecified atom stereocenters. The fourth-order valence-electron chi connectivity index (χ4n) is 1.59. The van der Waals surface area contributed by atoms with Crippen LogP contribution in [0.1, 0.15) is 12.8 Å². The highest BCUT2D eigenvalue weighted by molar-refractivity contribution is 5.91. The van der Waals surface area contributed by atoms with Crippen molar-refractivity contribution >= 4 is 23.7 Å². The highest BCUT2D eigenvalue weighted by Gasteiger charge is 2.27. The number of aliphatic carboxylic acids is 1. The fourth-order valence-corrected chi connectivity index (χ4v) is 1.59. The van der Waals surface area contributed by atoms with Gasteiger partial charge in [-0.05, 0) is 12.8 Å². The molecule has 0 radical (unpaired) electrons. The number of guanidine groups is 1. The Morgan fingerprint density at radius 3 is 2.04 bits per heavy atom. The van der Waals surface area contributed by atoms with Crippen LogP contribution in [0, 0.1) is 0 Å². The second-order valence-electron chi connectivity index (χ2n) is 4.88. The second-order valence-corrected chi connectivity index (χ2v) is 4.88. The van der Waals surface area contributed by atoms with E-state index in [1.807, 2.05) is 0 Å². The van der Waals surface area contributed by atoms with E-state index in [4.69, 9.17) is 32.5 Å². The molecule has 0 aromatic carbocycles. The van der Waals surface area contributed by atoms with Gasteiger partial charge in [0.05, 0.1) is 13.2 Å². The third-order valence-electron chi connectivity index (χ3n) is 2.91. The van der Waals surface area contributed by atoms with Gasteiger partial charge in [0.15, 0.2) is 5.96 Å². The number of hydrogen-bond acceptors (Lipinski definition) is 7. The van der Waals surface area contributed by atoms with E-state index >= 15 is 0 Å². The highest BCUT2D eigenvalue weighted by atomic mass is 16.4. The molecule has 24 heavy (non-hydrogen) atoms. The summed E-state index contributed by atoms with van der Waals surface area (Å²) in [4.78, 5) is 38.4. The number of carboxylic acid groups (broad SMARTS) is 1. The van der Waals surface area contributed by atoms with Crippen LogP contribution in [0.3, 0.4) is 0 Å². The van der Waals surface area contributed by atoms with Crippen LogP contribution in [-0.4, -0.2) is 76.9 Å².